The minimum atomic E-state index is -4.36. The van der Waals surface area contributed by atoms with Crippen molar-refractivity contribution in [1.82, 2.24) is 34.2 Å². The van der Waals surface area contributed by atoms with E-state index in [1.54, 1.807) is 0 Å². The third-order valence-electron chi connectivity index (χ3n) is 6.41. The summed E-state index contributed by atoms with van der Waals surface area (Å²) in [6, 6.07) is 0. The fourth-order valence-electron chi connectivity index (χ4n) is 4.76. The lowest BCUT2D eigenvalue weighted by molar-refractivity contribution is -0.140. The maximum absolute atomic E-state index is 13.2. The highest BCUT2D eigenvalue weighted by Crippen LogP contribution is 2.31. The predicted molar refractivity (Wildman–Crippen MR) is 120 cm³/mol. The van der Waals surface area contributed by atoms with Gasteiger partial charge in [0.2, 0.25) is 0 Å². The van der Waals surface area contributed by atoms with E-state index in [-0.39, 0.29) is 11.6 Å². The van der Waals surface area contributed by atoms with Crippen molar-refractivity contribution in [3.05, 3.63) is 30.1 Å². The number of piperidine rings is 1. The Bertz CT molecular complexity index is 1120. The molecule has 0 radical (unpaired) electrons. The Labute approximate surface area is 195 Å². The Balaban J connectivity index is 1.45. The standard InChI is InChI=1S/C22H29F3N8O/c1-2-33-12-16(10-27-33)11-30-5-3-4-17(13-30)19-28-20(31-6-8-34-9-7-31)18-21(29-19)32(15-26-18)14-22(23,24)25/h10,12,15,17H,2-9,11,13-14H2,1H3. The molecule has 0 N–H and O–H groups in total. The van der Waals surface area contributed by atoms with E-state index < -0.39 is 12.7 Å². The summed E-state index contributed by atoms with van der Waals surface area (Å²) in [7, 11) is 0. The van der Waals surface area contributed by atoms with E-state index >= 15 is 0 Å². The minimum Gasteiger partial charge on any atom is -0.378 e. The Hall–Kier alpha value is -2.73. The normalized spacial score (nSPS) is 20.4. The van der Waals surface area contributed by atoms with Crippen LogP contribution in [0.3, 0.4) is 0 Å². The first-order chi connectivity index (χ1) is 16.4. The molecule has 2 saturated heterocycles. The number of morpholine rings is 1. The van der Waals surface area contributed by atoms with E-state index in [9.17, 15) is 13.2 Å². The number of hydrogen-bond donors (Lipinski definition) is 0. The molecule has 0 bridgehead atoms. The number of imidazole rings is 1. The van der Waals surface area contributed by atoms with Crippen LogP contribution < -0.4 is 4.90 Å². The summed E-state index contributed by atoms with van der Waals surface area (Å²) in [6.45, 7) is 6.58. The van der Waals surface area contributed by atoms with Gasteiger partial charge < -0.3 is 14.2 Å². The first-order valence-electron chi connectivity index (χ1n) is 11.8. The SMILES string of the molecule is CCn1cc(CN2CCCC(c3nc(N4CCOCC4)c4ncn(CC(F)(F)F)c4n3)C2)cn1. The number of aromatic nitrogens is 6. The molecular formula is C22H29F3N8O. The van der Waals surface area contributed by atoms with Crippen LogP contribution in [-0.2, 0) is 24.4 Å². The van der Waals surface area contributed by atoms with Gasteiger partial charge in [-0.15, -0.1) is 0 Å². The second-order valence-electron chi connectivity index (χ2n) is 8.94. The zero-order valence-corrected chi connectivity index (χ0v) is 19.2. The molecule has 3 aromatic heterocycles. The number of ether oxygens (including phenoxy) is 1. The molecule has 5 heterocycles. The Morgan fingerprint density at radius 2 is 1.97 bits per heavy atom. The van der Waals surface area contributed by atoms with Gasteiger partial charge in [-0.1, -0.05) is 0 Å². The van der Waals surface area contributed by atoms with E-state index in [1.165, 1.54) is 6.33 Å². The lowest BCUT2D eigenvalue weighted by Crippen LogP contribution is -2.38. The second kappa shape index (κ2) is 9.49. The zero-order chi connectivity index (χ0) is 23.7. The van der Waals surface area contributed by atoms with E-state index in [1.807, 2.05) is 15.8 Å². The lowest BCUT2D eigenvalue weighted by Gasteiger charge is -2.33. The van der Waals surface area contributed by atoms with Crippen LogP contribution in [0.15, 0.2) is 18.7 Å². The van der Waals surface area contributed by atoms with Gasteiger partial charge in [0.1, 0.15) is 12.4 Å². The molecule has 0 aromatic carbocycles. The molecule has 0 saturated carbocycles. The molecule has 12 heteroatoms. The van der Waals surface area contributed by atoms with E-state index in [2.05, 4.69) is 33.1 Å². The molecule has 184 valence electrons. The van der Waals surface area contributed by atoms with Crippen LogP contribution in [0.2, 0.25) is 0 Å². The maximum atomic E-state index is 13.2. The number of halogens is 3. The van der Waals surface area contributed by atoms with Gasteiger partial charge >= 0.3 is 6.18 Å². The monoisotopic (exact) mass is 478 g/mol. The van der Waals surface area contributed by atoms with Crippen LogP contribution in [0.25, 0.3) is 11.2 Å². The highest BCUT2D eigenvalue weighted by Gasteiger charge is 2.31. The number of likely N-dealkylation sites (tertiary alicyclic amines) is 1. The first kappa shape index (κ1) is 23.0. The van der Waals surface area contributed by atoms with Gasteiger partial charge in [0.25, 0.3) is 0 Å². The molecule has 9 nitrogen and oxygen atoms in total. The van der Waals surface area contributed by atoms with Crippen LogP contribution in [0.1, 0.15) is 37.1 Å². The van der Waals surface area contributed by atoms with Crippen molar-refractivity contribution in [3.8, 4) is 0 Å². The summed E-state index contributed by atoms with van der Waals surface area (Å²) in [5, 5.41) is 4.36. The van der Waals surface area contributed by atoms with Crippen molar-refractivity contribution < 1.29 is 17.9 Å². The van der Waals surface area contributed by atoms with Crippen molar-refractivity contribution in [2.75, 3.05) is 44.3 Å². The molecule has 34 heavy (non-hydrogen) atoms. The molecule has 0 spiro atoms. The van der Waals surface area contributed by atoms with Gasteiger partial charge in [-0.2, -0.15) is 18.3 Å². The summed E-state index contributed by atoms with van der Waals surface area (Å²) in [6.07, 6.45) is 2.68. The van der Waals surface area contributed by atoms with Crippen LogP contribution >= 0.6 is 0 Å². The number of anilines is 1. The average Bonchev–Trinajstić information content (AvgIpc) is 3.45. The fraction of sp³-hybridized carbons (Fsp3) is 0.636. The highest BCUT2D eigenvalue weighted by molar-refractivity contribution is 5.83. The van der Waals surface area contributed by atoms with Gasteiger partial charge in [0.15, 0.2) is 17.0 Å². The highest BCUT2D eigenvalue weighted by atomic mass is 19.4. The summed E-state index contributed by atoms with van der Waals surface area (Å²) in [5.74, 6) is 1.23. The quantitative estimate of drug-likeness (QED) is 0.539. The minimum absolute atomic E-state index is 0.0356. The van der Waals surface area contributed by atoms with E-state index in [0.29, 0.717) is 43.5 Å². The fourth-order valence-corrected chi connectivity index (χ4v) is 4.76. The van der Waals surface area contributed by atoms with Crippen molar-refractivity contribution in [3.63, 3.8) is 0 Å². The number of fused-ring (bicyclic) bond motifs is 1. The molecule has 1 atom stereocenters. The third-order valence-corrected chi connectivity index (χ3v) is 6.41. The Kier molecular flexibility index (Phi) is 6.43. The number of nitrogens with zero attached hydrogens (tertiary/aromatic N) is 8. The van der Waals surface area contributed by atoms with Gasteiger partial charge in [0.05, 0.1) is 25.7 Å². The van der Waals surface area contributed by atoms with Crippen molar-refractivity contribution >= 4 is 17.0 Å². The van der Waals surface area contributed by atoms with E-state index in [4.69, 9.17) is 9.72 Å². The maximum Gasteiger partial charge on any atom is 0.406 e. The number of aryl methyl sites for hydroxylation is 1. The molecule has 2 aliphatic rings. The first-order valence-corrected chi connectivity index (χ1v) is 11.8. The average molecular weight is 479 g/mol. The molecule has 1 unspecified atom stereocenters. The summed E-state index contributed by atoms with van der Waals surface area (Å²) in [4.78, 5) is 18.2. The van der Waals surface area contributed by atoms with Gasteiger partial charge in [-0.3, -0.25) is 9.58 Å². The van der Waals surface area contributed by atoms with E-state index in [0.717, 1.165) is 49.2 Å². The zero-order valence-electron chi connectivity index (χ0n) is 19.2. The number of hydrogen-bond acceptors (Lipinski definition) is 7. The van der Waals surface area contributed by atoms with Crippen LogP contribution in [0, 0.1) is 0 Å². The Morgan fingerprint density at radius 1 is 1.15 bits per heavy atom. The molecule has 0 amide bonds. The van der Waals surface area contributed by atoms with Gasteiger partial charge in [-0.05, 0) is 26.3 Å². The second-order valence-corrected chi connectivity index (χ2v) is 8.94. The largest absolute Gasteiger partial charge is 0.406 e. The molecule has 3 aromatic rings. The predicted octanol–water partition coefficient (Wildman–Crippen LogP) is 2.82. The lowest BCUT2D eigenvalue weighted by atomic mass is 9.96. The van der Waals surface area contributed by atoms with Crippen LogP contribution in [0.4, 0.5) is 19.0 Å². The van der Waals surface area contributed by atoms with Gasteiger partial charge in [-0.25, -0.2) is 15.0 Å². The van der Waals surface area contributed by atoms with Crippen molar-refractivity contribution in [2.24, 2.45) is 0 Å². The van der Waals surface area contributed by atoms with Gasteiger partial charge in [0, 0.05) is 50.4 Å². The number of alkyl halides is 3. The smallest absolute Gasteiger partial charge is 0.378 e. The summed E-state index contributed by atoms with van der Waals surface area (Å²) < 4.78 is 48.1. The topological polar surface area (TPSA) is 77.1 Å². The van der Waals surface area contributed by atoms with Crippen LogP contribution in [-0.4, -0.2) is 79.8 Å². The molecule has 2 fully saturated rings. The summed E-state index contributed by atoms with van der Waals surface area (Å²) >= 11 is 0. The molecule has 0 aliphatic carbocycles. The van der Waals surface area contributed by atoms with Crippen molar-refractivity contribution in [1.29, 1.82) is 0 Å². The number of rotatable bonds is 6. The third kappa shape index (κ3) is 5.02. The molecule has 5 rings (SSSR count). The Morgan fingerprint density at radius 3 is 2.71 bits per heavy atom. The molecular weight excluding hydrogens is 449 g/mol. The van der Waals surface area contributed by atoms with Crippen LogP contribution in [0.5, 0.6) is 0 Å². The molecule has 2 aliphatic heterocycles. The summed E-state index contributed by atoms with van der Waals surface area (Å²) in [5.41, 5.74) is 1.80. The van der Waals surface area contributed by atoms with Crippen molar-refractivity contribution in [2.45, 2.75) is 51.5 Å².